The van der Waals surface area contributed by atoms with E-state index in [-0.39, 0.29) is 30.0 Å². The molecule has 0 unspecified atom stereocenters. The van der Waals surface area contributed by atoms with Crippen LogP contribution in [0.4, 0.5) is 5.69 Å². The molecule has 13 nitrogen and oxygen atoms in total. The molecule has 0 aliphatic heterocycles. The Labute approximate surface area is 332 Å². The van der Waals surface area contributed by atoms with Crippen molar-refractivity contribution in [2.24, 2.45) is 5.92 Å². The smallest absolute Gasteiger partial charge is 0.268 e. The molecule has 5 amide bonds. The minimum atomic E-state index is -1.43. The second-order valence-corrected chi connectivity index (χ2v) is 14.9. The van der Waals surface area contributed by atoms with E-state index in [2.05, 4.69) is 36.6 Å². The molecular formula is C44H49N7O6. The van der Waals surface area contributed by atoms with Crippen LogP contribution < -0.4 is 26.6 Å². The van der Waals surface area contributed by atoms with E-state index in [1.807, 2.05) is 19.9 Å². The zero-order valence-corrected chi connectivity index (χ0v) is 33.0. The Morgan fingerprint density at radius 2 is 1.21 bits per heavy atom. The van der Waals surface area contributed by atoms with Crippen LogP contribution >= 0.6 is 0 Å². The molecule has 0 radical (unpaired) electrons. The maximum absolute atomic E-state index is 14.1. The number of aromatic nitrogens is 2. The van der Waals surface area contributed by atoms with E-state index in [4.69, 9.17) is 0 Å². The van der Waals surface area contributed by atoms with Gasteiger partial charge in [0.05, 0.1) is 5.54 Å². The molecule has 0 fully saturated rings. The molecule has 0 aliphatic carbocycles. The molecule has 0 saturated heterocycles. The highest BCUT2D eigenvalue weighted by Gasteiger charge is 2.34. The first-order valence-electron chi connectivity index (χ1n) is 18.5. The number of hydrogen-bond acceptors (Lipinski definition) is 8. The van der Waals surface area contributed by atoms with Gasteiger partial charge in [-0.2, -0.15) is 0 Å². The van der Waals surface area contributed by atoms with Gasteiger partial charge in [-0.15, -0.1) is 0 Å². The summed E-state index contributed by atoms with van der Waals surface area (Å²) >= 11 is 0. The Kier molecular flexibility index (Phi) is 14.9. The van der Waals surface area contributed by atoms with E-state index < -0.39 is 52.4 Å². The quantitative estimate of drug-likeness (QED) is 0.0901. The van der Waals surface area contributed by atoms with Gasteiger partial charge in [-0.1, -0.05) is 74.5 Å². The lowest BCUT2D eigenvalue weighted by atomic mass is 9.91. The Morgan fingerprint density at radius 1 is 0.667 bits per heavy atom. The summed E-state index contributed by atoms with van der Waals surface area (Å²) in [6.45, 7) is 9.91. The van der Waals surface area contributed by atoms with Crippen molar-refractivity contribution >= 4 is 53.2 Å². The molecule has 296 valence electrons. The van der Waals surface area contributed by atoms with Gasteiger partial charge in [-0.05, 0) is 87.6 Å². The molecule has 4 aromatic rings. The molecule has 5 N–H and O–H groups in total. The third-order valence-corrected chi connectivity index (χ3v) is 8.72. The maximum Gasteiger partial charge on any atom is 0.268 e. The number of pyridine rings is 2. The van der Waals surface area contributed by atoms with Gasteiger partial charge >= 0.3 is 0 Å². The fourth-order valence-corrected chi connectivity index (χ4v) is 5.45. The van der Waals surface area contributed by atoms with Crippen LogP contribution in [0.2, 0.25) is 0 Å². The Balaban J connectivity index is 1.59. The molecule has 0 aliphatic rings. The van der Waals surface area contributed by atoms with Gasteiger partial charge in [-0.3, -0.25) is 38.7 Å². The first kappa shape index (κ1) is 43.0. The molecule has 0 saturated carbocycles. The summed E-state index contributed by atoms with van der Waals surface area (Å²) in [5, 5.41) is 13.7. The number of hydrogen-bond donors (Lipinski definition) is 5. The van der Waals surface area contributed by atoms with Gasteiger partial charge in [0.1, 0.15) is 17.3 Å². The van der Waals surface area contributed by atoms with Gasteiger partial charge in [0, 0.05) is 48.0 Å². The largest absolute Gasteiger partial charge is 0.340 e. The second-order valence-electron chi connectivity index (χ2n) is 14.9. The Bertz CT molecular complexity index is 2100. The van der Waals surface area contributed by atoms with Gasteiger partial charge in [0.15, 0.2) is 5.78 Å². The summed E-state index contributed by atoms with van der Waals surface area (Å²) in [7, 11) is 0. The number of rotatable bonds is 17. The molecule has 0 spiro atoms. The summed E-state index contributed by atoms with van der Waals surface area (Å²) < 4.78 is 0. The number of anilines is 1. The third-order valence-electron chi connectivity index (χ3n) is 8.72. The summed E-state index contributed by atoms with van der Waals surface area (Å²) in [4.78, 5) is 89.9. The number of carbonyl (C=O) groups excluding carboxylic acids is 6. The van der Waals surface area contributed by atoms with Crippen molar-refractivity contribution in [2.75, 3.05) is 5.32 Å². The standard InChI is InChI=1S/C44H49N7O6/c1-29(2)25-35(40(55)49-36(27-31-15-11-8-12-16-31)41(56)51-44(5,6)42(57)47-34-19-23-46-24-20-34)48-38(53)33(26-30-13-9-7-10-14-30)28-37(52)43(3,4)50-39(54)32-17-21-45-22-18-32/h7-24,26-27,29,35H,25,28H2,1-6H3,(H,48,53)(H,49,55)(H,50,54)(H,51,56)(H,46,47,57)/b33-26+,36-27-/t35-/m0/s1. The molecule has 0 bridgehead atoms. The zero-order chi connectivity index (χ0) is 41.6. The highest BCUT2D eigenvalue weighted by molar-refractivity contribution is 6.09. The van der Waals surface area contributed by atoms with E-state index >= 15 is 0 Å². The van der Waals surface area contributed by atoms with Gasteiger partial charge in [-0.25, -0.2) is 0 Å². The van der Waals surface area contributed by atoms with Crippen molar-refractivity contribution in [3.63, 3.8) is 0 Å². The average molecular weight is 772 g/mol. The van der Waals surface area contributed by atoms with Crippen LogP contribution in [0.25, 0.3) is 12.2 Å². The monoisotopic (exact) mass is 771 g/mol. The van der Waals surface area contributed by atoms with Crippen LogP contribution in [0.1, 0.15) is 75.9 Å². The minimum absolute atomic E-state index is 0.0544. The van der Waals surface area contributed by atoms with E-state index in [0.717, 1.165) is 0 Å². The number of benzene rings is 2. The maximum atomic E-state index is 14.1. The first-order valence-corrected chi connectivity index (χ1v) is 18.5. The predicted molar refractivity (Wildman–Crippen MR) is 219 cm³/mol. The predicted octanol–water partition coefficient (Wildman–Crippen LogP) is 5.25. The average Bonchev–Trinajstić information content (AvgIpc) is 3.18. The lowest BCUT2D eigenvalue weighted by molar-refractivity contribution is -0.130. The molecule has 2 aromatic heterocycles. The van der Waals surface area contributed by atoms with E-state index in [0.29, 0.717) is 22.4 Å². The fourth-order valence-electron chi connectivity index (χ4n) is 5.45. The summed E-state index contributed by atoms with van der Waals surface area (Å²) in [5.74, 6) is -3.65. The molecule has 2 heterocycles. The van der Waals surface area contributed by atoms with Crippen molar-refractivity contribution < 1.29 is 28.8 Å². The number of nitrogens with zero attached hydrogens (tertiary/aromatic N) is 2. The first-order chi connectivity index (χ1) is 27.0. The summed E-state index contributed by atoms with van der Waals surface area (Å²) in [6.07, 6.45) is 8.81. The van der Waals surface area contributed by atoms with Gasteiger partial charge < -0.3 is 26.6 Å². The van der Waals surface area contributed by atoms with Crippen LogP contribution in [-0.4, -0.2) is 62.4 Å². The number of amides is 5. The highest BCUT2D eigenvalue weighted by Crippen LogP contribution is 2.19. The van der Waals surface area contributed by atoms with Crippen LogP contribution in [0.15, 0.2) is 121 Å². The van der Waals surface area contributed by atoms with Crippen LogP contribution in [0.3, 0.4) is 0 Å². The number of ketones is 1. The molecule has 1 atom stereocenters. The molecule has 2 aromatic carbocycles. The SMILES string of the molecule is CC(C)C[C@H](NC(=O)/C(=C/c1ccccc1)CC(=O)C(C)(C)NC(=O)c1ccncc1)C(=O)N/C(=C\c1ccccc1)C(=O)NC(C)(C)C(=O)Nc1ccncc1. The van der Waals surface area contributed by atoms with Gasteiger partial charge in [0.2, 0.25) is 17.7 Å². The van der Waals surface area contributed by atoms with Crippen LogP contribution in [-0.2, 0) is 24.0 Å². The van der Waals surface area contributed by atoms with E-state index in [1.54, 1.807) is 86.7 Å². The lowest BCUT2D eigenvalue weighted by Gasteiger charge is -2.27. The van der Waals surface area contributed by atoms with Crippen molar-refractivity contribution in [2.45, 2.75) is 71.5 Å². The van der Waals surface area contributed by atoms with Crippen molar-refractivity contribution in [1.29, 1.82) is 0 Å². The van der Waals surface area contributed by atoms with Crippen LogP contribution in [0, 0.1) is 5.92 Å². The number of nitrogens with one attached hydrogen (secondary N) is 5. The van der Waals surface area contributed by atoms with Gasteiger partial charge in [0.25, 0.3) is 11.8 Å². The third kappa shape index (κ3) is 13.2. The fraction of sp³-hybridized carbons (Fsp3) is 0.273. The van der Waals surface area contributed by atoms with E-state index in [9.17, 15) is 28.8 Å². The Morgan fingerprint density at radius 3 is 1.77 bits per heavy atom. The highest BCUT2D eigenvalue weighted by atomic mass is 16.2. The second kappa shape index (κ2) is 19.7. The number of Topliss-reactive ketones (excluding diaryl/α,β-unsaturated/α-hetero) is 1. The molecule has 4 rings (SSSR count). The lowest BCUT2D eigenvalue weighted by Crippen LogP contribution is -2.55. The normalized spacial score (nSPS) is 12.5. The molecular weight excluding hydrogens is 723 g/mol. The summed E-state index contributed by atoms with van der Waals surface area (Å²) in [6, 6.07) is 22.9. The topological polar surface area (TPSA) is 188 Å². The zero-order valence-electron chi connectivity index (χ0n) is 33.0. The van der Waals surface area contributed by atoms with Crippen molar-refractivity contribution in [3.8, 4) is 0 Å². The van der Waals surface area contributed by atoms with Crippen molar-refractivity contribution in [3.05, 3.63) is 138 Å². The Hall–Kier alpha value is -6.76. The summed E-state index contributed by atoms with van der Waals surface area (Å²) in [5.41, 5.74) is -0.883. The number of carbonyl (C=O) groups is 6. The van der Waals surface area contributed by atoms with Crippen molar-refractivity contribution in [1.82, 2.24) is 31.2 Å². The molecule has 57 heavy (non-hydrogen) atoms. The minimum Gasteiger partial charge on any atom is -0.340 e. The molecule has 13 heteroatoms. The van der Waals surface area contributed by atoms with E-state index in [1.165, 1.54) is 56.8 Å². The van der Waals surface area contributed by atoms with Crippen LogP contribution in [0.5, 0.6) is 0 Å².